The van der Waals surface area contributed by atoms with Crippen LogP contribution in [0.5, 0.6) is 0 Å². The van der Waals surface area contributed by atoms with Gasteiger partial charge in [0.2, 0.25) is 0 Å². The molecule has 2 N–H and O–H groups in total. The highest BCUT2D eigenvalue weighted by Gasteiger charge is 2.43. The Morgan fingerprint density at radius 3 is 2.72 bits per heavy atom. The Hall–Kier alpha value is -1.74. The number of benzene rings is 1. The molecule has 1 heterocycles. The number of carbonyl (C=O) groups excluding carboxylic acids is 1. The Morgan fingerprint density at radius 1 is 1.28 bits per heavy atom. The van der Waals surface area contributed by atoms with E-state index in [2.05, 4.69) is 4.98 Å². The predicted molar refractivity (Wildman–Crippen MR) is 71.4 cm³/mol. The molecule has 1 aliphatic rings. The number of nitrogens with zero attached hydrogens (tertiary/aromatic N) is 1. The van der Waals surface area contributed by atoms with Gasteiger partial charge in [-0.1, -0.05) is 30.7 Å². The maximum Gasteiger partial charge on any atom is 0.172 e. The fraction of sp³-hybridized carbons (Fsp3) is 0.333. The van der Waals surface area contributed by atoms with Gasteiger partial charge in [-0.2, -0.15) is 0 Å². The van der Waals surface area contributed by atoms with Crippen molar-refractivity contribution in [2.45, 2.75) is 19.3 Å². The molecule has 3 rings (SSSR count). The van der Waals surface area contributed by atoms with E-state index in [9.17, 15) is 4.79 Å². The van der Waals surface area contributed by atoms with Crippen molar-refractivity contribution in [2.75, 3.05) is 6.54 Å². The number of rotatable bonds is 3. The summed E-state index contributed by atoms with van der Waals surface area (Å²) < 4.78 is 0. The summed E-state index contributed by atoms with van der Waals surface area (Å²) in [5.74, 6) is 0.167. The van der Waals surface area contributed by atoms with Crippen LogP contribution in [0.4, 0.5) is 0 Å². The number of carbonyl (C=O) groups is 1. The van der Waals surface area contributed by atoms with Crippen molar-refractivity contribution in [2.24, 2.45) is 11.1 Å². The largest absolute Gasteiger partial charge is 0.329 e. The van der Waals surface area contributed by atoms with Crippen molar-refractivity contribution in [3.63, 3.8) is 0 Å². The number of aromatic nitrogens is 1. The molecule has 2 aromatic rings. The number of pyridine rings is 1. The van der Waals surface area contributed by atoms with Crippen molar-refractivity contribution in [1.29, 1.82) is 0 Å². The number of hydrogen-bond acceptors (Lipinski definition) is 3. The van der Waals surface area contributed by atoms with Gasteiger partial charge in [0.1, 0.15) is 0 Å². The van der Waals surface area contributed by atoms with Gasteiger partial charge in [0.05, 0.1) is 0 Å². The Labute approximate surface area is 106 Å². The SMILES string of the molecule is NCC1(C(=O)c2cncc3ccccc23)CCC1. The Morgan fingerprint density at radius 2 is 2.06 bits per heavy atom. The molecule has 0 saturated heterocycles. The molecule has 0 unspecified atom stereocenters. The van der Waals surface area contributed by atoms with Crippen LogP contribution in [-0.2, 0) is 0 Å². The van der Waals surface area contributed by atoms with E-state index in [1.807, 2.05) is 24.3 Å². The molecule has 0 bridgehead atoms. The minimum Gasteiger partial charge on any atom is -0.329 e. The fourth-order valence-electron chi connectivity index (χ4n) is 2.71. The van der Waals surface area contributed by atoms with E-state index in [0.717, 1.165) is 35.6 Å². The van der Waals surface area contributed by atoms with E-state index in [1.165, 1.54) is 0 Å². The highest BCUT2D eigenvalue weighted by molar-refractivity contribution is 6.10. The second-order valence-corrected chi connectivity index (χ2v) is 5.08. The first-order valence-electron chi connectivity index (χ1n) is 6.34. The van der Waals surface area contributed by atoms with Gasteiger partial charge in [0.25, 0.3) is 0 Å². The molecule has 1 aromatic carbocycles. The maximum absolute atomic E-state index is 12.7. The summed E-state index contributed by atoms with van der Waals surface area (Å²) in [5.41, 5.74) is 6.20. The molecule has 92 valence electrons. The molecule has 18 heavy (non-hydrogen) atoms. The molecule has 1 aliphatic carbocycles. The van der Waals surface area contributed by atoms with E-state index in [4.69, 9.17) is 5.73 Å². The monoisotopic (exact) mass is 240 g/mol. The Kier molecular flexibility index (Phi) is 2.63. The van der Waals surface area contributed by atoms with Crippen LogP contribution in [0.15, 0.2) is 36.7 Å². The van der Waals surface area contributed by atoms with Gasteiger partial charge in [-0.25, -0.2) is 0 Å². The molecule has 3 nitrogen and oxygen atoms in total. The normalized spacial score (nSPS) is 17.4. The summed E-state index contributed by atoms with van der Waals surface area (Å²) in [6.45, 7) is 0.440. The van der Waals surface area contributed by atoms with Gasteiger partial charge in [-0.3, -0.25) is 9.78 Å². The van der Waals surface area contributed by atoms with Crippen molar-refractivity contribution in [3.05, 3.63) is 42.2 Å². The van der Waals surface area contributed by atoms with E-state index < -0.39 is 0 Å². The Balaban J connectivity index is 2.12. The smallest absolute Gasteiger partial charge is 0.172 e. The lowest BCUT2D eigenvalue weighted by Crippen LogP contribution is -2.44. The summed E-state index contributed by atoms with van der Waals surface area (Å²) in [4.78, 5) is 16.9. The summed E-state index contributed by atoms with van der Waals surface area (Å²) in [7, 11) is 0. The zero-order valence-corrected chi connectivity index (χ0v) is 10.2. The van der Waals surface area contributed by atoms with E-state index in [-0.39, 0.29) is 11.2 Å². The van der Waals surface area contributed by atoms with Gasteiger partial charge in [0, 0.05) is 35.3 Å². The van der Waals surface area contributed by atoms with Crippen molar-refractivity contribution >= 4 is 16.6 Å². The van der Waals surface area contributed by atoms with E-state index >= 15 is 0 Å². The minimum atomic E-state index is -0.328. The van der Waals surface area contributed by atoms with Crippen molar-refractivity contribution in [1.82, 2.24) is 4.98 Å². The third kappa shape index (κ3) is 1.55. The van der Waals surface area contributed by atoms with Gasteiger partial charge in [-0.15, -0.1) is 0 Å². The second-order valence-electron chi connectivity index (χ2n) is 5.08. The fourth-order valence-corrected chi connectivity index (χ4v) is 2.71. The van der Waals surface area contributed by atoms with Crippen LogP contribution in [0.1, 0.15) is 29.6 Å². The van der Waals surface area contributed by atoms with Gasteiger partial charge in [-0.05, 0) is 18.2 Å². The van der Waals surface area contributed by atoms with Crippen molar-refractivity contribution in [3.8, 4) is 0 Å². The van der Waals surface area contributed by atoms with Crippen LogP contribution in [0.2, 0.25) is 0 Å². The number of ketones is 1. The van der Waals surface area contributed by atoms with Gasteiger partial charge < -0.3 is 5.73 Å². The zero-order valence-electron chi connectivity index (χ0n) is 10.2. The van der Waals surface area contributed by atoms with E-state index in [1.54, 1.807) is 12.4 Å². The molecular weight excluding hydrogens is 224 g/mol. The lowest BCUT2D eigenvalue weighted by molar-refractivity contribution is 0.0637. The third-order valence-corrected chi connectivity index (χ3v) is 4.10. The van der Waals surface area contributed by atoms with E-state index in [0.29, 0.717) is 6.54 Å². The van der Waals surface area contributed by atoms with Crippen molar-refractivity contribution < 1.29 is 4.79 Å². The average Bonchev–Trinajstić information content (AvgIpc) is 2.37. The third-order valence-electron chi connectivity index (χ3n) is 4.10. The highest BCUT2D eigenvalue weighted by Crippen LogP contribution is 2.43. The highest BCUT2D eigenvalue weighted by atomic mass is 16.1. The zero-order chi connectivity index (χ0) is 12.6. The lowest BCUT2D eigenvalue weighted by atomic mass is 9.64. The summed E-state index contributed by atoms with van der Waals surface area (Å²) in [6.07, 6.45) is 6.39. The predicted octanol–water partition coefficient (Wildman–Crippen LogP) is 2.55. The molecule has 0 atom stereocenters. The molecule has 1 aromatic heterocycles. The standard InChI is InChI=1S/C15H16N2O/c16-10-15(6-3-7-15)14(18)13-9-17-8-11-4-1-2-5-12(11)13/h1-2,4-5,8-9H,3,6-7,10,16H2. The van der Waals surface area contributed by atoms with Crippen LogP contribution < -0.4 is 5.73 Å². The van der Waals surface area contributed by atoms with Gasteiger partial charge in [0.15, 0.2) is 5.78 Å². The van der Waals surface area contributed by atoms with Crippen LogP contribution in [-0.4, -0.2) is 17.3 Å². The first kappa shape index (κ1) is 11.4. The average molecular weight is 240 g/mol. The maximum atomic E-state index is 12.7. The molecule has 3 heteroatoms. The topological polar surface area (TPSA) is 56.0 Å². The summed E-state index contributed by atoms with van der Waals surface area (Å²) in [5, 5.41) is 1.99. The van der Waals surface area contributed by atoms with Gasteiger partial charge >= 0.3 is 0 Å². The lowest BCUT2D eigenvalue weighted by Gasteiger charge is -2.39. The number of nitrogens with two attached hydrogens (primary N) is 1. The Bertz CT molecular complexity index is 591. The second kappa shape index (κ2) is 4.18. The van der Waals surface area contributed by atoms with Crippen LogP contribution in [0, 0.1) is 5.41 Å². The van der Waals surface area contributed by atoms with Crippen LogP contribution in [0.25, 0.3) is 10.8 Å². The summed E-state index contributed by atoms with van der Waals surface area (Å²) >= 11 is 0. The first-order valence-corrected chi connectivity index (χ1v) is 6.34. The molecule has 0 aliphatic heterocycles. The molecule has 0 amide bonds. The molecule has 1 fully saturated rings. The molecular formula is C15H16N2O. The van der Waals surface area contributed by atoms with Crippen LogP contribution in [0.3, 0.4) is 0 Å². The molecule has 0 spiro atoms. The number of fused-ring (bicyclic) bond motifs is 1. The first-order chi connectivity index (χ1) is 8.77. The number of hydrogen-bond donors (Lipinski definition) is 1. The number of Topliss-reactive ketones (excluding diaryl/α,β-unsaturated/α-hetero) is 1. The molecule has 1 saturated carbocycles. The summed E-state index contributed by atoms with van der Waals surface area (Å²) in [6, 6.07) is 7.87. The quantitative estimate of drug-likeness (QED) is 0.839. The van der Waals surface area contributed by atoms with Crippen LogP contribution >= 0.6 is 0 Å². The molecule has 0 radical (unpaired) electrons. The minimum absolute atomic E-state index is 0.167.